The maximum Gasteiger partial charge on any atom is 0.176 e. The molecule has 23 heavy (non-hydrogen) atoms. The molecule has 1 unspecified atom stereocenters. The summed E-state index contributed by atoms with van der Waals surface area (Å²) in [6.07, 6.45) is 6.86. The van der Waals surface area contributed by atoms with Crippen LogP contribution >= 0.6 is 0 Å². The summed E-state index contributed by atoms with van der Waals surface area (Å²) in [4.78, 5) is 17.5. The van der Waals surface area contributed by atoms with Crippen molar-refractivity contribution in [2.24, 2.45) is 5.92 Å². The van der Waals surface area contributed by atoms with Gasteiger partial charge in [0.25, 0.3) is 0 Å². The van der Waals surface area contributed by atoms with Gasteiger partial charge in [0.05, 0.1) is 13.2 Å². The molecule has 2 aliphatic rings. The first-order valence-electron chi connectivity index (χ1n) is 9.19. The van der Waals surface area contributed by atoms with Gasteiger partial charge in [-0.1, -0.05) is 56.5 Å². The molecule has 2 fully saturated rings. The molecule has 1 aliphatic carbocycles. The second-order valence-corrected chi connectivity index (χ2v) is 7.47. The Bertz CT molecular complexity index is 524. The lowest BCUT2D eigenvalue weighted by Gasteiger charge is -2.42. The van der Waals surface area contributed by atoms with Gasteiger partial charge >= 0.3 is 0 Å². The molecule has 1 saturated carbocycles. The second kappa shape index (κ2) is 7.14. The lowest BCUT2D eigenvalue weighted by molar-refractivity contribution is 0.0801. The summed E-state index contributed by atoms with van der Waals surface area (Å²) < 4.78 is 0. The van der Waals surface area contributed by atoms with Gasteiger partial charge in [-0.2, -0.15) is 0 Å². The molecule has 1 heterocycles. The normalized spacial score (nSPS) is 27.4. The minimum absolute atomic E-state index is 0.242. The molecule has 0 radical (unpaired) electrons. The monoisotopic (exact) mass is 314 g/mol. The van der Waals surface area contributed by atoms with Crippen LogP contribution in [-0.4, -0.2) is 47.4 Å². The Balaban J connectivity index is 1.67. The number of Topliss-reactive ketones (excluding diaryl/α,β-unsaturated/α-hetero) is 1. The van der Waals surface area contributed by atoms with Crippen LogP contribution in [0.15, 0.2) is 30.3 Å². The molecule has 1 aliphatic heterocycles. The van der Waals surface area contributed by atoms with E-state index in [0.717, 1.165) is 31.2 Å². The van der Waals surface area contributed by atoms with Gasteiger partial charge in [0.2, 0.25) is 0 Å². The molecule has 1 aromatic carbocycles. The van der Waals surface area contributed by atoms with Crippen LogP contribution in [0.2, 0.25) is 0 Å². The van der Waals surface area contributed by atoms with Crippen LogP contribution in [0.3, 0.4) is 0 Å². The van der Waals surface area contributed by atoms with E-state index in [4.69, 9.17) is 0 Å². The fourth-order valence-corrected chi connectivity index (χ4v) is 4.60. The molecular formula is C20H30N2O. The van der Waals surface area contributed by atoms with E-state index in [-0.39, 0.29) is 11.3 Å². The highest BCUT2D eigenvalue weighted by atomic mass is 16.1. The maximum absolute atomic E-state index is 12.5. The van der Waals surface area contributed by atoms with Crippen LogP contribution in [-0.2, 0) is 0 Å². The third-order valence-electron chi connectivity index (χ3n) is 5.97. The van der Waals surface area contributed by atoms with Crippen molar-refractivity contribution >= 4 is 5.78 Å². The number of hydrogen-bond donors (Lipinski definition) is 0. The van der Waals surface area contributed by atoms with Crippen LogP contribution in [0.1, 0.15) is 56.3 Å². The average molecular weight is 314 g/mol. The quantitative estimate of drug-likeness (QED) is 0.772. The van der Waals surface area contributed by atoms with Gasteiger partial charge in [0.1, 0.15) is 0 Å². The van der Waals surface area contributed by atoms with E-state index in [1.165, 1.54) is 32.1 Å². The van der Waals surface area contributed by atoms with Crippen molar-refractivity contribution in [2.75, 3.05) is 26.3 Å². The third kappa shape index (κ3) is 3.51. The lowest BCUT2D eigenvalue weighted by Crippen LogP contribution is -2.50. The first-order valence-corrected chi connectivity index (χ1v) is 9.19. The molecule has 0 N–H and O–H groups in total. The van der Waals surface area contributed by atoms with Gasteiger partial charge in [0.15, 0.2) is 5.78 Å². The molecule has 1 aromatic rings. The Morgan fingerprint density at radius 1 is 1.17 bits per heavy atom. The predicted octanol–water partition coefficient (Wildman–Crippen LogP) is 3.80. The van der Waals surface area contributed by atoms with E-state index >= 15 is 0 Å². The van der Waals surface area contributed by atoms with Gasteiger partial charge in [0, 0.05) is 17.6 Å². The van der Waals surface area contributed by atoms with Crippen LogP contribution in [0.4, 0.5) is 0 Å². The fraction of sp³-hybridized carbons (Fsp3) is 0.650. The smallest absolute Gasteiger partial charge is 0.176 e. The summed E-state index contributed by atoms with van der Waals surface area (Å²) >= 11 is 0. The number of ketones is 1. The van der Waals surface area contributed by atoms with Gasteiger partial charge in [-0.3, -0.25) is 14.6 Å². The largest absolute Gasteiger partial charge is 0.293 e. The number of benzene rings is 1. The molecular weight excluding hydrogens is 284 g/mol. The van der Waals surface area contributed by atoms with Crippen LogP contribution in [0, 0.1) is 5.92 Å². The molecule has 0 bridgehead atoms. The molecule has 126 valence electrons. The standard InChI is InChI=1S/C20H30N2O/c1-3-22-16-21(14-19(23)17-10-6-4-7-11-17)15-20(22,2)18-12-8-5-9-13-18/h4,6-7,10-11,18H,3,5,8-9,12-16H2,1-2H3. The van der Waals surface area contributed by atoms with Crippen molar-refractivity contribution < 1.29 is 4.79 Å². The van der Waals surface area contributed by atoms with Crippen molar-refractivity contribution in [1.29, 1.82) is 0 Å². The van der Waals surface area contributed by atoms with Crippen molar-refractivity contribution in [3.8, 4) is 0 Å². The Labute approximate surface area is 140 Å². The van der Waals surface area contributed by atoms with E-state index in [1.54, 1.807) is 0 Å². The molecule has 0 aromatic heterocycles. The first kappa shape index (κ1) is 16.7. The van der Waals surface area contributed by atoms with Crippen molar-refractivity contribution in [3.05, 3.63) is 35.9 Å². The molecule has 3 heteroatoms. The molecule has 3 rings (SSSR count). The van der Waals surface area contributed by atoms with E-state index in [0.29, 0.717) is 6.54 Å². The fourth-order valence-electron chi connectivity index (χ4n) is 4.60. The minimum atomic E-state index is 0.242. The van der Waals surface area contributed by atoms with Crippen molar-refractivity contribution in [3.63, 3.8) is 0 Å². The van der Waals surface area contributed by atoms with Gasteiger partial charge in [-0.15, -0.1) is 0 Å². The van der Waals surface area contributed by atoms with E-state index in [2.05, 4.69) is 23.6 Å². The zero-order valence-electron chi connectivity index (χ0n) is 14.6. The van der Waals surface area contributed by atoms with Crippen LogP contribution in [0.25, 0.3) is 0 Å². The van der Waals surface area contributed by atoms with Crippen molar-refractivity contribution in [1.82, 2.24) is 9.80 Å². The lowest BCUT2D eigenvalue weighted by atomic mass is 9.75. The summed E-state index contributed by atoms with van der Waals surface area (Å²) in [7, 11) is 0. The topological polar surface area (TPSA) is 23.6 Å². The number of carbonyl (C=O) groups is 1. The molecule has 0 spiro atoms. The Morgan fingerprint density at radius 3 is 2.52 bits per heavy atom. The zero-order chi connectivity index (χ0) is 16.3. The van der Waals surface area contributed by atoms with E-state index in [9.17, 15) is 4.79 Å². The highest BCUT2D eigenvalue weighted by molar-refractivity contribution is 5.97. The Morgan fingerprint density at radius 2 is 1.87 bits per heavy atom. The zero-order valence-corrected chi connectivity index (χ0v) is 14.6. The van der Waals surface area contributed by atoms with E-state index in [1.807, 2.05) is 30.3 Å². The highest BCUT2D eigenvalue weighted by Crippen LogP contribution is 2.39. The summed E-state index contributed by atoms with van der Waals surface area (Å²) in [5.74, 6) is 1.03. The predicted molar refractivity (Wildman–Crippen MR) is 94.6 cm³/mol. The van der Waals surface area contributed by atoms with Crippen LogP contribution in [0.5, 0.6) is 0 Å². The molecule has 1 atom stereocenters. The summed E-state index contributed by atoms with van der Waals surface area (Å²) in [5, 5.41) is 0. The van der Waals surface area contributed by atoms with Gasteiger partial charge in [-0.05, 0) is 32.2 Å². The summed E-state index contributed by atoms with van der Waals surface area (Å²) in [5.41, 5.74) is 1.08. The average Bonchev–Trinajstić information content (AvgIpc) is 2.93. The Kier molecular flexibility index (Phi) is 5.17. The number of hydrogen-bond acceptors (Lipinski definition) is 3. The molecule has 0 amide bonds. The summed E-state index contributed by atoms with van der Waals surface area (Å²) in [6, 6.07) is 9.71. The minimum Gasteiger partial charge on any atom is -0.293 e. The van der Waals surface area contributed by atoms with E-state index < -0.39 is 0 Å². The van der Waals surface area contributed by atoms with Gasteiger partial charge < -0.3 is 0 Å². The highest BCUT2D eigenvalue weighted by Gasteiger charge is 2.45. The summed E-state index contributed by atoms with van der Waals surface area (Å²) in [6.45, 7) is 8.26. The SMILES string of the molecule is CCN1CN(CC(=O)c2ccccc2)CC1(C)C1CCCCC1. The number of rotatable bonds is 5. The third-order valence-corrected chi connectivity index (χ3v) is 5.97. The number of carbonyl (C=O) groups excluding carboxylic acids is 1. The maximum atomic E-state index is 12.5. The Hall–Kier alpha value is -1.19. The van der Waals surface area contributed by atoms with Gasteiger partial charge in [-0.25, -0.2) is 0 Å². The second-order valence-electron chi connectivity index (χ2n) is 7.47. The molecule has 1 saturated heterocycles. The molecule has 3 nitrogen and oxygen atoms in total. The van der Waals surface area contributed by atoms with Crippen LogP contribution < -0.4 is 0 Å². The number of likely N-dealkylation sites (N-methyl/N-ethyl adjacent to an activating group) is 1. The van der Waals surface area contributed by atoms with Crippen molar-refractivity contribution in [2.45, 2.75) is 51.5 Å². The number of nitrogens with zero attached hydrogens (tertiary/aromatic N) is 2. The first-order chi connectivity index (χ1) is 11.1.